The minimum atomic E-state index is -0.162. The van der Waals surface area contributed by atoms with Gasteiger partial charge in [0.2, 0.25) is 0 Å². The Labute approximate surface area is 173 Å². The molecule has 1 atom stereocenters. The summed E-state index contributed by atoms with van der Waals surface area (Å²) in [6, 6.07) is 17.5. The van der Waals surface area contributed by atoms with E-state index in [1.165, 1.54) is 0 Å². The Morgan fingerprint density at radius 3 is 2.54 bits per heavy atom. The van der Waals surface area contributed by atoms with Gasteiger partial charge in [0.05, 0.1) is 24.5 Å². The minimum Gasteiger partial charge on any atom is -0.497 e. The van der Waals surface area contributed by atoms with Gasteiger partial charge < -0.3 is 9.30 Å². The van der Waals surface area contributed by atoms with E-state index in [4.69, 9.17) is 4.74 Å². The summed E-state index contributed by atoms with van der Waals surface area (Å²) in [7, 11) is 1.61. The molecule has 4 nitrogen and oxygen atoms in total. The van der Waals surface area contributed by atoms with Gasteiger partial charge in [0, 0.05) is 21.9 Å². The zero-order chi connectivity index (χ0) is 20.1. The molecular weight excluding hydrogens is 416 g/mol. The first-order valence-electron chi connectivity index (χ1n) is 9.26. The van der Waals surface area contributed by atoms with Gasteiger partial charge in [0.1, 0.15) is 5.75 Å². The molecule has 3 aromatic rings. The van der Waals surface area contributed by atoms with E-state index < -0.39 is 0 Å². The molecule has 2 heterocycles. The Morgan fingerprint density at radius 2 is 1.82 bits per heavy atom. The zero-order valence-corrected chi connectivity index (χ0v) is 18.0. The fourth-order valence-electron chi connectivity index (χ4n) is 3.95. The van der Waals surface area contributed by atoms with Crippen LogP contribution in [0, 0.1) is 5.41 Å². The van der Waals surface area contributed by atoms with Crippen molar-refractivity contribution in [3.8, 4) is 11.4 Å². The number of anilines is 1. The monoisotopic (exact) mass is 438 g/mol. The summed E-state index contributed by atoms with van der Waals surface area (Å²) < 4.78 is 8.47. The van der Waals surface area contributed by atoms with Crippen molar-refractivity contribution < 1.29 is 9.53 Å². The van der Waals surface area contributed by atoms with Crippen molar-refractivity contribution in [1.29, 1.82) is 0 Å². The largest absolute Gasteiger partial charge is 0.497 e. The number of amides is 1. The molecule has 1 aliphatic rings. The zero-order valence-electron chi connectivity index (χ0n) is 16.4. The molecule has 0 saturated carbocycles. The van der Waals surface area contributed by atoms with Gasteiger partial charge in [-0.1, -0.05) is 42.8 Å². The fourth-order valence-corrected chi connectivity index (χ4v) is 4.30. The first kappa shape index (κ1) is 18.8. The molecule has 0 fully saturated rings. The topological polar surface area (TPSA) is 34.5 Å². The number of nitrogens with zero attached hydrogens (tertiary/aromatic N) is 2. The van der Waals surface area contributed by atoms with Crippen molar-refractivity contribution >= 4 is 27.5 Å². The second-order valence-electron chi connectivity index (χ2n) is 8.11. The van der Waals surface area contributed by atoms with E-state index in [1.807, 2.05) is 47.4 Å². The number of carbonyl (C=O) groups is 1. The lowest BCUT2D eigenvalue weighted by Gasteiger charge is -2.44. The van der Waals surface area contributed by atoms with Crippen LogP contribution in [0.2, 0.25) is 0 Å². The third kappa shape index (κ3) is 3.04. The van der Waals surface area contributed by atoms with Gasteiger partial charge in [-0.15, -0.1) is 0 Å². The number of fused-ring (bicyclic) bond motifs is 3. The van der Waals surface area contributed by atoms with Crippen molar-refractivity contribution in [2.75, 3.05) is 12.0 Å². The summed E-state index contributed by atoms with van der Waals surface area (Å²) >= 11 is 3.58. The van der Waals surface area contributed by atoms with Gasteiger partial charge in [-0.2, -0.15) is 0 Å². The summed E-state index contributed by atoms with van der Waals surface area (Å²) in [6.45, 7) is 6.51. The molecule has 0 spiro atoms. The van der Waals surface area contributed by atoms with Crippen LogP contribution in [0.15, 0.2) is 65.3 Å². The van der Waals surface area contributed by atoms with E-state index in [9.17, 15) is 4.79 Å². The third-order valence-corrected chi connectivity index (χ3v) is 5.62. The highest BCUT2D eigenvalue weighted by Gasteiger charge is 2.42. The smallest absolute Gasteiger partial charge is 0.259 e. The summed E-state index contributed by atoms with van der Waals surface area (Å²) in [5.74, 6) is 0.638. The van der Waals surface area contributed by atoms with E-state index in [2.05, 4.69) is 53.5 Å². The maximum absolute atomic E-state index is 13.8. The van der Waals surface area contributed by atoms with Gasteiger partial charge in [-0.25, -0.2) is 0 Å². The summed E-state index contributed by atoms with van der Waals surface area (Å²) in [5.41, 5.74) is 3.45. The molecule has 0 radical (unpaired) electrons. The Bertz CT molecular complexity index is 1050. The van der Waals surface area contributed by atoms with E-state index >= 15 is 0 Å². The van der Waals surface area contributed by atoms with Crippen molar-refractivity contribution in [3.05, 3.63) is 76.5 Å². The maximum Gasteiger partial charge on any atom is 0.259 e. The maximum atomic E-state index is 13.8. The van der Waals surface area contributed by atoms with Gasteiger partial charge in [0.15, 0.2) is 0 Å². The standard InChI is InChI=1S/C23H23BrN2O2/c1-23(2,3)21-19-9-6-12-25(19)18-11-10-16(24)14-20(18)26(21)22(27)15-7-5-8-17(13-15)28-4/h5-14,21H,1-4H3. The summed E-state index contributed by atoms with van der Waals surface area (Å²) in [6.07, 6.45) is 2.06. The average Bonchev–Trinajstić information content (AvgIpc) is 3.14. The van der Waals surface area contributed by atoms with E-state index in [1.54, 1.807) is 13.2 Å². The van der Waals surface area contributed by atoms with Gasteiger partial charge >= 0.3 is 0 Å². The van der Waals surface area contributed by atoms with Crippen LogP contribution in [0.5, 0.6) is 5.75 Å². The molecule has 144 valence electrons. The lowest BCUT2D eigenvalue weighted by molar-refractivity contribution is 0.0950. The lowest BCUT2D eigenvalue weighted by atomic mass is 9.81. The van der Waals surface area contributed by atoms with Gasteiger partial charge in [0.25, 0.3) is 5.91 Å². The molecule has 1 unspecified atom stereocenters. The van der Waals surface area contributed by atoms with Crippen molar-refractivity contribution in [2.24, 2.45) is 5.41 Å². The molecule has 1 aliphatic heterocycles. The molecule has 5 heteroatoms. The van der Waals surface area contributed by atoms with E-state index in [0.29, 0.717) is 11.3 Å². The van der Waals surface area contributed by atoms with Crippen molar-refractivity contribution in [2.45, 2.75) is 26.8 Å². The number of hydrogen-bond acceptors (Lipinski definition) is 2. The molecule has 2 aromatic carbocycles. The number of rotatable bonds is 2. The minimum absolute atomic E-state index is 0.0365. The number of halogens is 1. The molecule has 0 saturated heterocycles. The molecule has 0 N–H and O–H groups in total. The van der Waals surface area contributed by atoms with Crippen molar-refractivity contribution in [3.63, 3.8) is 0 Å². The highest BCUT2D eigenvalue weighted by molar-refractivity contribution is 9.10. The van der Waals surface area contributed by atoms with Gasteiger partial charge in [-0.05, 0) is 53.9 Å². The molecule has 1 aromatic heterocycles. The normalized spacial score (nSPS) is 15.8. The van der Waals surface area contributed by atoms with Crippen LogP contribution in [0.1, 0.15) is 42.9 Å². The summed E-state index contributed by atoms with van der Waals surface area (Å²) in [4.78, 5) is 15.7. The Balaban J connectivity index is 1.95. The van der Waals surface area contributed by atoms with Crippen LogP contribution in [0.3, 0.4) is 0 Å². The molecule has 0 aliphatic carbocycles. The molecular formula is C23H23BrN2O2. The molecule has 1 amide bonds. The van der Waals surface area contributed by atoms with Crippen LogP contribution >= 0.6 is 15.9 Å². The Morgan fingerprint density at radius 1 is 1.04 bits per heavy atom. The number of benzene rings is 2. The SMILES string of the molecule is COc1cccc(C(=O)N2c3cc(Br)ccc3-n3cccc3C2C(C)(C)C)c1. The fraction of sp³-hybridized carbons (Fsp3) is 0.261. The predicted octanol–water partition coefficient (Wildman–Crippen LogP) is 6.00. The lowest BCUT2D eigenvalue weighted by Crippen LogP contribution is -2.45. The first-order valence-corrected chi connectivity index (χ1v) is 10.1. The number of ether oxygens (including phenoxy) is 1. The van der Waals surface area contributed by atoms with Crippen LogP contribution in [0.25, 0.3) is 5.69 Å². The predicted molar refractivity (Wildman–Crippen MR) is 115 cm³/mol. The molecule has 0 bridgehead atoms. The second kappa shape index (κ2) is 6.82. The highest BCUT2D eigenvalue weighted by Crippen LogP contribution is 2.48. The van der Waals surface area contributed by atoms with Crippen LogP contribution < -0.4 is 9.64 Å². The van der Waals surface area contributed by atoms with E-state index in [0.717, 1.165) is 21.5 Å². The highest BCUT2D eigenvalue weighted by atomic mass is 79.9. The quantitative estimate of drug-likeness (QED) is 0.491. The van der Waals surface area contributed by atoms with Crippen LogP contribution in [-0.4, -0.2) is 17.6 Å². The number of methoxy groups -OCH3 is 1. The average molecular weight is 439 g/mol. The number of carbonyl (C=O) groups excluding carboxylic acids is 1. The number of hydrogen-bond donors (Lipinski definition) is 0. The Hall–Kier alpha value is -2.53. The van der Waals surface area contributed by atoms with Crippen LogP contribution in [-0.2, 0) is 0 Å². The third-order valence-electron chi connectivity index (χ3n) is 5.13. The summed E-state index contributed by atoms with van der Waals surface area (Å²) in [5, 5.41) is 0. The van der Waals surface area contributed by atoms with Crippen molar-refractivity contribution in [1.82, 2.24) is 4.57 Å². The molecule has 4 rings (SSSR count). The molecule has 28 heavy (non-hydrogen) atoms. The Kier molecular flexibility index (Phi) is 4.58. The second-order valence-corrected chi connectivity index (χ2v) is 9.03. The van der Waals surface area contributed by atoms with E-state index in [-0.39, 0.29) is 17.4 Å². The number of aromatic nitrogens is 1. The first-order chi connectivity index (χ1) is 13.3. The van der Waals surface area contributed by atoms with Gasteiger partial charge in [-0.3, -0.25) is 9.69 Å². The van der Waals surface area contributed by atoms with Crippen LogP contribution in [0.4, 0.5) is 5.69 Å².